The van der Waals surface area contributed by atoms with Gasteiger partial charge in [0.2, 0.25) is 0 Å². The topological polar surface area (TPSA) is 44.0 Å². The maximum Gasteiger partial charge on any atom is 0.269 e. The van der Waals surface area contributed by atoms with Crippen LogP contribution in [0.5, 0.6) is 0 Å². The Balaban J connectivity index is 0.000000231. The first kappa shape index (κ1) is 34.0. The van der Waals surface area contributed by atoms with Gasteiger partial charge in [0.05, 0.1) is 26.3 Å². The van der Waals surface area contributed by atoms with E-state index in [1.807, 2.05) is 0 Å². The Bertz CT molecular complexity index is 1750. The Morgan fingerprint density at radius 1 is 0.667 bits per heavy atom. The molecule has 2 aromatic heterocycles. The Morgan fingerprint density at radius 3 is 1.40 bits per heavy atom. The van der Waals surface area contributed by atoms with Crippen molar-refractivity contribution >= 4 is 55.1 Å². The van der Waals surface area contributed by atoms with Gasteiger partial charge in [-0.2, -0.15) is 0 Å². The number of alkyl halides is 2. The van der Waals surface area contributed by atoms with Gasteiger partial charge >= 0.3 is 0 Å². The fourth-order valence-corrected chi connectivity index (χ4v) is 5.52. The molecule has 0 atom stereocenters. The standard InChI is InChI=1S/C14H9Br2ClF3NO.C14H11ClF3NO/c1-2-21-12(7(13(15)16)5-8(17)14(21)22)11-9(19)3-6(18)4-10(11)20;1-3-19-13(7(2)4-9(15)14(19)20)12-10(17)5-8(16)6-11(12)18/h3-5,13H,2H2,1H3;4-6H,3H2,1-2H3. The smallest absolute Gasteiger partial charge is 0.269 e. The van der Waals surface area contributed by atoms with Crippen molar-refractivity contribution in [3.8, 4) is 22.5 Å². The van der Waals surface area contributed by atoms with E-state index < -0.39 is 60.9 Å². The molecule has 0 saturated heterocycles. The number of hydrogen-bond acceptors (Lipinski definition) is 2. The Kier molecular flexibility index (Phi) is 11.2. The highest BCUT2D eigenvalue weighted by atomic mass is 79.9. The van der Waals surface area contributed by atoms with Gasteiger partial charge < -0.3 is 9.13 Å². The van der Waals surface area contributed by atoms with Crippen LogP contribution in [0, 0.1) is 41.8 Å². The first-order chi connectivity index (χ1) is 19.6. The molecule has 0 amide bonds. The summed E-state index contributed by atoms with van der Waals surface area (Å²) in [5.74, 6) is -6.36. The number of hydrogen-bond donors (Lipinski definition) is 0. The maximum absolute atomic E-state index is 14.1. The predicted molar refractivity (Wildman–Crippen MR) is 159 cm³/mol. The molecule has 0 aliphatic carbocycles. The molecule has 0 unspecified atom stereocenters. The monoisotopic (exact) mass is 758 g/mol. The van der Waals surface area contributed by atoms with E-state index in [1.165, 1.54) is 12.1 Å². The molecule has 14 heteroatoms. The van der Waals surface area contributed by atoms with E-state index in [0.717, 1.165) is 9.13 Å². The molecule has 224 valence electrons. The fraction of sp³-hybridized carbons (Fsp3) is 0.214. The van der Waals surface area contributed by atoms with E-state index >= 15 is 0 Å². The zero-order chi connectivity index (χ0) is 31.6. The molecule has 4 aromatic rings. The van der Waals surface area contributed by atoms with Crippen LogP contribution in [0.25, 0.3) is 22.5 Å². The maximum atomic E-state index is 14.1. The molecule has 42 heavy (non-hydrogen) atoms. The van der Waals surface area contributed by atoms with Crippen molar-refractivity contribution in [2.75, 3.05) is 0 Å². The average Bonchev–Trinajstić information content (AvgIpc) is 2.88. The second-order valence-corrected chi connectivity index (χ2v) is 12.6. The summed E-state index contributed by atoms with van der Waals surface area (Å²) in [5, 5.41) is -0.108. The molecule has 2 aromatic carbocycles. The number of benzene rings is 2. The molecular formula is C28H20Br2Cl2F6N2O2. The first-order valence-electron chi connectivity index (χ1n) is 12.1. The predicted octanol–water partition coefficient (Wildman–Crippen LogP) is 9.31. The molecule has 0 N–H and O–H groups in total. The Morgan fingerprint density at radius 2 is 1.02 bits per heavy atom. The Hall–Kier alpha value is -2.54. The van der Waals surface area contributed by atoms with Crippen LogP contribution < -0.4 is 11.1 Å². The van der Waals surface area contributed by atoms with Crippen LogP contribution in [0.15, 0.2) is 46.0 Å². The highest BCUT2D eigenvalue weighted by molar-refractivity contribution is 9.24. The number of aryl methyl sites for hydroxylation is 1. The van der Waals surface area contributed by atoms with E-state index in [0.29, 0.717) is 35.4 Å². The van der Waals surface area contributed by atoms with Gasteiger partial charge in [-0.15, -0.1) is 0 Å². The van der Waals surface area contributed by atoms with Gasteiger partial charge in [0, 0.05) is 42.9 Å². The molecule has 4 nitrogen and oxygen atoms in total. The second kappa shape index (κ2) is 13.8. The first-order valence-corrected chi connectivity index (χ1v) is 14.6. The lowest BCUT2D eigenvalue weighted by molar-refractivity contribution is 0.543. The van der Waals surface area contributed by atoms with E-state index in [1.54, 1.807) is 20.8 Å². The molecular weight excluding hydrogens is 741 g/mol. The van der Waals surface area contributed by atoms with Crippen LogP contribution in [0.2, 0.25) is 10.0 Å². The third-order valence-corrected chi connectivity index (χ3v) is 7.59. The molecule has 2 heterocycles. The lowest BCUT2D eigenvalue weighted by atomic mass is 10.0. The van der Waals surface area contributed by atoms with Crippen molar-refractivity contribution < 1.29 is 26.3 Å². The number of pyridine rings is 2. The minimum Gasteiger partial charge on any atom is -0.307 e. The highest BCUT2D eigenvalue weighted by Crippen LogP contribution is 2.39. The van der Waals surface area contributed by atoms with Crippen molar-refractivity contribution in [1.82, 2.24) is 9.13 Å². The zero-order valence-corrected chi connectivity index (χ0v) is 26.6. The normalized spacial score (nSPS) is 11.1. The molecule has 0 bridgehead atoms. The van der Waals surface area contributed by atoms with E-state index in [2.05, 4.69) is 31.9 Å². The number of aromatic nitrogens is 2. The van der Waals surface area contributed by atoms with Gasteiger partial charge in [0.15, 0.2) is 0 Å². The third-order valence-electron chi connectivity index (χ3n) is 6.07. The lowest BCUT2D eigenvalue weighted by Crippen LogP contribution is -2.23. The third kappa shape index (κ3) is 6.82. The molecule has 0 spiro atoms. The van der Waals surface area contributed by atoms with E-state index in [4.69, 9.17) is 23.2 Å². The Labute approximate surface area is 262 Å². The zero-order valence-electron chi connectivity index (χ0n) is 21.9. The largest absolute Gasteiger partial charge is 0.307 e. The van der Waals surface area contributed by atoms with Crippen LogP contribution >= 0.6 is 55.1 Å². The van der Waals surface area contributed by atoms with Gasteiger partial charge in [-0.25, -0.2) is 26.3 Å². The molecule has 0 fully saturated rings. The molecule has 4 rings (SSSR count). The summed E-state index contributed by atoms with van der Waals surface area (Å²) in [6, 6.07) is 4.96. The van der Waals surface area contributed by atoms with Crippen LogP contribution in [0.1, 0.15) is 28.7 Å². The summed E-state index contributed by atoms with van der Waals surface area (Å²) < 4.78 is 84.0. The van der Waals surface area contributed by atoms with Crippen molar-refractivity contribution in [2.45, 2.75) is 37.6 Å². The number of nitrogens with zero attached hydrogens (tertiary/aromatic N) is 2. The molecule has 0 aliphatic rings. The van der Waals surface area contributed by atoms with Crippen molar-refractivity contribution in [3.05, 3.63) is 113 Å². The van der Waals surface area contributed by atoms with E-state index in [9.17, 15) is 35.9 Å². The fourth-order valence-electron chi connectivity index (χ4n) is 4.33. The summed E-state index contributed by atoms with van der Waals surface area (Å²) in [6.07, 6.45) is 0. The van der Waals surface area contributed by atoms with Crippen LogP contribution in [0.4, 0.5) is 26.3 Å². The summed E-state index contributed by atoms with van der Waals surface area (Å²) >= 11 is 18.1. The molecule has 0 aliphatic heterocycles. The van der Waals surface area contributed by atoms with Crippen molar-refractivity contribution in [2.24, 2.45) is 0 Å². The van der Waals surface area contributed by atoms with Crippen LogP contribution in [-0.2, 0) is 13.1 Å². The molecule has 0 radical (unpaired) electrons. The summed E-state index contributed by atoms with van der Waals surface area (Å²) in [5.41, 5.74) is -1.17. The molecule has 0 saturated carbocycles. The van der Waals surface area contributed by atoms with Gasteiger partial charge in [-0.1, -0.05) is 55.1 Å². The minimum atomic E-state index is -1.09. The highest BCUT2D eigenvalue weighted by Gasteiger charge is 2.24. The van der Waals surface area contributed by atoms with Gasteiger partial charge in [-0.3, -0.25) is 9.59 Å². The number of halogens is 10. The summed E-state index contributed by atoms with van der Waals surface area (Å²) in [7, 11) is 0. The minimum absolute atomic E-state index is 0.00523. The van der Waals surface area contributed by atoms with Gasteiger partial charge in [-0.05, 0) is 38.5 Å². The number of rotatable bonds is 5. The van der Waals surface area contributed by atoms with Gasteiger partial charge in [0.25, 0.3) is 11.1 Å². The van der Waals surface area contributed by atoms with Crippen molar-refractivity contribution in [3.63, 3.8) is 0 Å². The average molecular weight is 761 g/mol. The van der Waals surface area contributed by atoms with Crippen molar-refractivity contribution in [1.29, 1.82) is 0 Å². The summed E-state index contributed by atoms with van der Waals surface area (Å²) in [6.45, 7) is 5.20. The quantitative estimate of drug-likeness (QED) is 0.150. The SMILES string of the molecule is CCn1c(-c2c(F)cc(F)cc2F)c(C(Br)Br)cc(Cl)c1=O.CCn1c(-c2c(F)cc(F)cc2F)c(C)cc(Cl)c1=O. The van der Waals surface area contributed by atoms with E-state index in [-0.39, 0.29) is 34.5 Å². The van der Waals surface area contributed by atoms with Gasteiger partial charge in [0.1, 0.15) is 44.9 Å². The van der Waals surface area contributed by atoms with Crippen LogP contribution in [-0.4, -0.2) is 9.13 Å². The van der Waals surface area contributed by atoms with Crippen LogP contribution in [0.3, 0.4) is 0 Å². The summed E-state index contributed by atoms with van der Waals surface area (Å²) in [4.78, 5) is 24.1. The lowest BCUT2D eigenvalue weighted by Gasteiger charge is -2.19. The second-order valence-electron chi connectivity index (χ2n) is 8.71.